The standard InChI is InChI=1S/C13H19N3O3/c1-9-6-10(16-15-9)14-11(17)7-13(8-12(18)19)4-2-3-5-13/h6H,2-5,7-8H2,1H3,(H,18,19)(H2,14,15,16,17). The molecule has 0 spiro atoms. The molecular formula is C13H19N3O3. The number of aromatic amines is 1. The van der Waals surface area contributed by atoms with E-state index >= 15 is 0 Å². The van der Waals surface area contributed by atoms with Gasteiger partial charge in [-0.1, -0.05) is 12.8 Å². The highest BCUT2D eigenvalue weighted by Crippen LogP contribution is 2.44. The van der Waals surface area contributed by atoms with Crippen LogP contribution >= 0.6 is 0 Å². The zero-order chi connectivity index (χ0) is 13.9. The van der Waals surface area contributed by atoms with Gasteiger partial charge in [0.15, 0.2) is 5.82 Å². The lowest BCUT2D eigenvalue weighted by atomic mass is 9.79. The van der Waals surface area contributed by atoms with E-state index in [2.05, 4.69) is 15.5 Å². The molecule has 2 rings (SSSR count). The lowest BCUT2D eigenvalue weighted by Gasteiger charge is -2.26. The first-order valence-corrected chi connectivity index (χ1v) is 6.53. The van der Waals surface area contributed by atoms with Crippen LogP contribution < -0.4 is 5.32 Å². The predicted octanol–water partition coefficient (Wildman–Crippen LogP) is 2.08. The molecule has 1 amide bonds. The Bertz CT molecular complexity index is 475. The second-order valence-corrected chi connectivity index (χ2v) is 5.44. The first-order chi connectivity index (χ1) is 8.99. The van der Waals surface area contributed by atoms with Gasteiger partial charge in [-0.3, -0.25) is 14.7 Å². The average Bonchev–Trinajstić information content (AvgIpc) is 2.87. The SMILES string of the molecule is Cc1cc(NC(=O)CC2(CC(=O)O)CCCC2)n[nH]1. The number of H-pyrrole nitrogens is 1. The number of carboxylic acids is 1. The zero-order valence-electron chi connectivity index (χ0n) is 11.0. The summed E-state index contributed by atoms with van der Waals surface area (Å²) in [6.45, 7) is 1.85. The number of nitrogens with one attached hydrogen (secondary N) is 2. The van der Waals surface area contributed by atoms with Gasteiger partial charge in [-0.2, -0.15) is 5.10 Å². The number of amides is 1. The van der Waals surface area contributed by atoms with Crippen LogP contribution in [0.15, 0.2) is 6.07 Å². The number of carbonyl (C=O) groups is 2. The normalized spacial score (nSPS) is 17.3. The van der Waals surface area contributed by atoms with Crippen LogP contribution in [-0.4, -0.2) is 27.2 Å². The molecule has 0 saturated heterocycles. The quantitative estimate of drug-likeness (QED) is 0.759. The van der Waals surface area contributed by atoms with E-state index in [-0.39, 0.29) is 24.2 Å². The van der Waals surface area contributed by atoms with E-state index < -0.39 is 5.97 Å². The summed E-state index contributed by atoms with van der Waals surface area (Å²) >= 11 is 0. The predicted molar refractivity (Wildman–Crippen MR) is 69.7 cm³/mol. The molecule has 1 aliphatic carbocycles. The number of carboxylic acid groups (broad SMARTS) is 1. The molecule has 104 valence electrons. The van der Waals surface area contributed by atoms with Gasteiger partial charge in [-0.15, -0.1) is 0 Å². The first kappa shape index (κ1) is 13.6. The van der Waals surface area contributed by atoms with E-state index in [1.165, 1.54) is 0 Å². The zero-order valence-corrected chi connectivity index (χ0v) is 11.0. The van der Waals surface area contributed by atoms with Crippen LogP contribution in [0.4, 0.5) is 5.82 Å². The van der Waals surface area contributed by atoms with Crippen molar-refractivity contribution >= 4 is 17.7 Å². The number of nitrogens with zero attached hydrogens (tertiary/aromatic N) is 1. The molecule has 0 atom stereocenters. The number of aliphatic carboxylic acids is 1. The third-order valence-corrected chi connectivity index (χ3v) is 3.70. The third-order valence-electron chi connectivity index (χ3n) is 3.70. The second kappa shape index (κ2) is 5.42. The Morgan fingerprint density at radius 1 is 1.42 bits per heavy atom. The van der Waals surface area contributed by atoms with Crippen molar-refractivity contribution in [3.05, 3.63) is 11.8 Å². The minimum atomic E-state index is -0.828. The van der Waals surface area contributed by atoms with Gasteiger partial charge in [0.1, 0.15) is 0 Å². The smallest absolute Gasteiger partial charge is 0.303 e. The van der Waals surface area contributed by atoms with Crippen LogP contribution in [0.1, 0.15) is 44.2 Å². The summed E-state index contributed by atoms with van der Waals surface area (Å²) in [7, 11) is 0. The van der Waals surface area contributed by atoms with Crippen LogP contribution in [-0.2, 0) is 9.59 Å². The van der Waals surface area contributed by atoms with Gasteiger partial charge in [0.25, 0.3) is 0 Å². The maximum absolute atomic E-state index is 12.0. The Morgan fingerprint density at radius 3 is 2.63 bits per heavy atom. The maximum atomic E-state index is 12.0. The van der Waals surface area contributed by atoms with Crippen molar-refractivity contribution in [1.29, 1.82) is 0 Å². The second-order valence-electron chi connectivity index (χ2n) is 5.44. The van der Waals surface area contributed by atoms with Crippen LogP contribution in [0, 0.1) is 12.3 Å². The van der Waals surface area contributed by atoms with Crippen molar-refractivity contribution in [1.82, 2.24) is 10.2 Å². The number of hydrogen-bond acceptors (Lipinski definition) is 3. The fourth-order valence-electron chi connectivity index (χ4n) is 2.87. The Labute approximate surface area is 111 Å². The molecule has 0 aromatic carbocycles. The molecule has 0 bridgehead atoms. The summed E-state index contributed by atoms with van der Waals surface area (Å²) in [6, 6.07) is 1.75. The number of carbonyl (C=O) groups excluding carboxylic acids is 1. The fraction of sp³-hybridized carbons (Fsp3) is 0.615. The number of hydrogen-bond donors (Lipinski definition) is 3. The van der Waals surface area contributed by atoms with Crippen LogP contribution in [0.3, 0.4) is 0 Å². The summed E-state index contributed by atoms with van der Waals surface area (Å²) in [4.78, 5) is 23.0. The summed E-state index contributed by atoms with van der Waals surface area (Å²) < 4.78 is 0. The molecule has 1 saturated carbocycles. The molecule has 1 fully saturated rings. The van der Waals surface area contributed by atoms with Crippen LogP contribution in [0.2, 0.25) is 0 Å². The highest BCUT2D eigenvalue weighted by Gasteiger charge is 2.38. The molecule has 0 radical (unpaired) electrons. The fourth-order valence-corrected chi connectivity index (χ4v) is 2.87. The summed E-state index contributed by atoms with van der Waals surface area (Å²) in [6.07, 6.45) is 3.95. The van der Waals surface area contributed by atoms with Crippen molar-refractivity contribution in [2.45, 2.75) is 45.4 Å². The molecule has 1 aromatic rings. The molecule has 6 heteroatoms. The van der Waals surface area contributed by atoms with Crippen LogP contribution in [0.5, 0.6) is 0 Å². The number of aryl methyl sites for hydroxylation is 1. The van der Waals surface area contributed by atoms with Crippen molar-refractivity contribution in [3.8, 4) is 0 Å². The summed E-state index contributed by atoms with van der Waals surface area (Å²) in [5, 5.41) is 18.4. The Balaban J connectivity index is 1.97. The molecule has 0 unspecified atom stereocenters. The molecular weight excluding hydrogens is 246 g/mol. The van der Waals surface area contributed by atoms with Gasteiger partial charge < -0.3 is 10.4 Å². The highest BCUT2D eigenvalue weighted by molar-refractivity contribution is 5.90. The topological polar surface area (TPSA) is 95.1 Å². The largest absolute Gasteiger partial charge is 0.481 e. The average molecular weight is 265 g/mol. The lowest BCUT2D eigenvalue weighted by Crippen LogP contribution is -2.27. The number of rotatable bonds is 5. The molecule has 3 N–H and O–H groups in total. The van der Waals surface area contributed by atoms with E-state index in [1.807, 2.05) is 6.92 Å². The van der Waals surface area contributed by atoms with E-state index in [0.29, 0.717) is 5.82 Å². The molecule has 6 nitrogen and oxygen atoms in total. The molecule has 19 heavy (non-hydrogen) atoms. The lowest BCUT2D eigenvalue weighted by molar-refractivity contribution is -0.140. The Hall–Kier alpha value is -1.85. The minimum absolute atomic E-state index is 0.0695. The number of aromatic nitrogens is 2. The van der Waals surface area contributed by atoms with E-state index in [0.717, 1.165) is 31.4 Å². The molecule has 1 heterocycles. The van der Waals surface area contributed by atoms with Crippen molar-refractivity contribution in [2.75, 3.05) is 5.32 Å². The first-order valence-electron chi connectivity index (χ1n) is 6.53. The van der Waals surface area contributed by atoms with Gasteiger partial charge >= 0.3 is 5.97 Å². The van der Waals surface area contributed by atoms with E-state index in [9.17, 15) is 9.59 Å². The van der Waals surface area contributed by atoms with Gasteiger partial charge in [-0.25, -0.2) is 0 Å². The van der Waals surface area contributed by atoms with Gasteiger partial charge in [-0.05, 0) is 25.2 Å². The molecule has 1 aromatic heterocycles. The maximum Gasteiger partial charge on any atom is 0.303 e. The summed E-state index contributed by atoms with van der Waals surface area (Å²) in [5.74, 6) is -0.495. The van der Waals surface area contributed by atoms with Crippen LogP contribution in [0.25, 0.3) is 0 Å². The van der Waals surface area contributed by atoms with Gasteiger partial charge in [0.05, 0.1) is 6.42 Å². The van der Waals surface area contributed by atoms with Crippen molar-refractivity contribution in [3.63, 3.8) is 0 Å². The summed E-state index contributed by atoms with van der Waals surface area (Å²) in [5.41, 5.74) is 0.498. The molecule has 1 aliphatic rings. The van der Waals surface area contributed by atoms with Crippen molar-refractivity contribution in [2.24, 2.45) is 5.41 Å². The third kappa shape index (κ3) is 3.56. The Kier molecular flexibility index (Phi) is 3.87. The van der Waals surface area contributed by atoms with Gasteiger partial charge in [0, 0.05) is 18.2 Å². The van der Waals surface area contributed by atoms with Gasteiger partial charge in [0.2, 0.25) is 5.91 Å². The number of anilines is 1. The molecule has 0 aliphatic heterocycles. The van der Waals surface area contributed by atoms with E-state index in [4.69, 9.17) is 5.11 Å². The Morgan fingerprint density at radius 2 is 2.11 bits per heavy atom. The van der Waals surface area contributed by atoms with E-state index in [1.54, 1.807) is 6.07 Å². The van der Waals surface area contributed by atoms with Crippen molar-refractivity contribution < 1.29 is 14.7 Å². The minimum Gasteiger partial charge on any atom is -0.481 e. The highest BCUT2D eigenvalue weighted by atomic mass is 16.4. The monoisotopic (exact) mass is 265 g/mol.